The molecule has 0 saturated carbocycles. The molecule has 10 heteroatoms. The minimum absolute atomic E-state index is 0.226. The highest BCUT2D eigenvalue weighted by Gasteiger charge is 2.38. The number of nitrogens with two attached hydrogens (primary N) is 1. The van der Waals surface area contributed by atoms with Gasteiger partial charge in [0.25, 0.3) is 3.79 Å². The van der Waals surface area contributed by atoms with E-state index in [0.29, 0.717) is 0 Å². The number of hydrogen-bond acceptors (Lipinski definition) is 7. The van der Waals surface area contributed by atoms with Gasteiger partial charge in [0.2, 0.25) is 5.90 Å². The number of halogens is 3. The summed E-state index contributed by atoms with van der Waals surface area (Å²) in [6.07, 6.45) is -4.66. The third-order valence-electron chi connectivity index (χ3n) is 1.97. The van der Waals surface area contributed by atoms with Crippen molar-refractivity contribution < 1.29 is 24.9 Å². The van der Waals surface area contributed by atoms with Crippen LogP contribution < -0.4 is 5.73 Å². The van der Waals surface area contributed by atoms with Crippen molar-refractivity contribution in [3.8, 4) is 0 Å². The Bertz CT molecular complexity index is 299. The molecule has 0 aliphatic heterocycles. The molecule has 0 unspecified atom stereocenters. The van der Waals surface area contributed by atoms with Crippen LogP contribution in [-0.2, 0) is 9.53 Å². The van der Waals surface area contributed by atoms with E-state index in [9.17, 15) is 15.0 Å². The number of ether oxygens (including phenoxy) is 1. The Morgan fingerprint density at radius 2 is 1.94 bits per heavy atom. The van der Waals surface area contributed by atoms with Crippen LogP contribution in [0.4, 0.5) is 0 Å². The van der Waals surface area contributed by atoms with Crippen LogP contribution >= 0.6 is 34.8 Å². The fraction of sp³-hybridized carbons (Fsp3) is 0.750. The molecule has 0 spiro atoms. The first-order chi connectivity index (χ1) is 8.15. The molecular weight excluding hydrogens is 310 g/mol. The van der Waals surface area contributed by atoms with Gasteiger partial charge in [-0.15, -0.1) is 0 Å². The second kappa shape index (κ2) is 7.44. The van der Waals surface area contributed by atoms with E-state index >= 15 is 0 Å². The molecule has 0 heterocycles. The van der Waals surface area contributed by atoms with Crippen LogP contribution in [0.3, 0.4) is 0 Å². The number of alkyl halides is 3. The zero-order valence-electron chi connectivity index (χ0n) is 8.96. The highest BCUT2D eigenvalue weighted by molar-refractivity contribution is 6.76. The maximum atomic E-state index is 10.6. The molecule has 0 aliphatic rings. The van der Waals surface area contributed by atoms with Gasteiger partial charge < -0.3 is 30.6 Å². The molecule has 6 N–H and O–H groups in total. The first-order valence-electron chi connectivity index (χ1n) is 4.65. The Labute approximate surface area is 118 Å². The molecule has 0 radical (unpaired) electrons. The number of carbonyl (C=O) groups is 1. The van der Waals surface area contributed by atoms with Crippen molar-refractivity contribution in [2.45, 2.75) is 28.1 Å². The smallest absolute Gasteiger partial charge is 0.265 e. The fourth-order valence-corrected chi connectivity index (χ4v) is 1.12. The molecule has 0 saturated heterocycles. The Kier molecular flexibility index (Phi) is 7.38. The molecule has 7 nitrogen and oxygen atoms in total. The molecular formula is C8H13Cl3N2O5. The molecule has 0 fully saturated rings. The van der Waals surface area contributed by atoms with Crippen LogP contribution in [-0.4, -0.2) is 62.3 Å². The predicted molar refractivity (Wildman–Crippen MR) is 66.0 cm³/mol. The topological polar surface area (TPSA) is 137 Å². The molecule has 106 valence electrons. The second-order valence-electron chi connectivity index (χ2n) is 3.36. The molecule has 4 atom stereocenters. The zero-order chi connectivity index (χ0) is 14.5. The van der Waals surface area contributed by atoms with Gasteiger partial charge in [0.1, 0.15) is 24.5 Å². The lowest BCUT2D eigenvalue weighted by Gasteiger charge is -2.30. The maximum absolute atomic E-state index is 10.6. The number of hydrogen-bond donors (Lipinski definition) is 5. The van der Waals surface area contributed by atoms with Gasteiger partial charge in [-0.2, -0.15) is 0 Å². The van der Waals surface area contributed by atoms with Crippen LogP contribution in [0.5, 0.6) is 0 Å². The van der Waals surface area contributed by atoms with Crippen molar-refractivity contribution >= 4 is 47.0 Å². The summed E-state index contributed by atoms with van der Waals surface area (Å²) in [5.74, 6) is -0.876. The third kappa shape index (κ3) is 5.23. The number of carbonyl (C=O) groups excluding carboxylic acids is 1. The zero-order valence-corrected chi connectivity index (χ0v) is 11.2. The minimum atomic E-state index is -2.20. The molecule has 0 aromatic carbocycles. The van der Waals surface area contributed by atoms with Gasteiger partial charge in [-0.1, -0.05) is 34.8 Å². The normalized spacial score (nSPS) is 18.6. The van der Waals surface area contributed by atoms with Crippen LogP contribution in [0.2, 0.25) is 0 Å². The van der Waals surface area contributed by atoms with Crippen LogP contribution in [0.1, 0.15) is 0 Å². The Hall–Kier alpha value is -0.150. The van der Waals surface area contributed by atoms with E-state index in [1.54, 1.807) is 0 Å². The maximum Gasteiger partial charge on any atom is 0.265 e. The molecule has 0 aromatic heterocycles. The Balaban J connectivity index is 4.91. The summed E-state index contributed by atoms with van der Waals surface area (Å²) in [6.45, 7) is -0.798. The number of aldehydes is 1. The van der Waals surface area contributed by atoms with Gasteiger partial charge in [0, 0.05) is 0 Å². The SMILES string of the molecule is N=C(O[C@@H]([C@@H](O)[C@H](O)CO)[C@@H](N)C=O)C(Cl)(Cl)Cl. The van der Waals surface area contributed by atoms with Crippen molar-refractivity contribution in [2.24, 2.45) is 5.73 Å². The van der Waals surface area contributed by atoms with Crippen molar-refractivity contribution in [1.82, 2.24) is 0 Å². The molecule has 0 rings (SSSR count). The average Bonchev–Trinajstić information content (AvgIpc) is 2.31. The van der Waals surface area contributed by atoms with Crippen molar-refractivity contribution in [3.05, 3.63) is 0 Å². The predicted octanol–water partition coefficient (Wildman–Crippen LogP) is -1.04. The lowest BCUT2D eigenvalue weighted by molar-refractivity contribution is -0.117. The highest BCUT2D eigenvalue weighted by atomic mass is 35.6. The van der Waals surface area contributed by atoms with Gasteiger partial charge >= 0.3 is 0 Å². The summed E-state index contributed by atoms with van der Waals surface area (Å²) < 4.78 is 2.56. The fourth-order valence-electron chi connectivity index (χ4n) is 0.983. The quantitative estimate of drug-likeness (QED) is 0.183. The summed E-state index contributed by atoms with van der Waals surface area (Å²) in [6, 6.07) is -1.38. The number of aliphatic hydroxyl groups excluding tert-OH is 3. The van der Waals surface area contributed by atoms with Gasteiger partial charge in [-0.05, 0) is 0 Å². The van der Waals surface area contributed by atoms with Gasteiger partial charge in [-0.3, -0.25) is 5.41 Å². The molecule has 18 heavy (non-hydrogen) atoms. The van der Waals surface area contributed by atoms with E-state index in [4.69, 9.17) is 55.8 Å². The van der Waals surface area contributed by atoms with E-state index in [2.05, 4.69) is 0 Å². The van der Waals surface area contributed by atoms with Gasteiger partial charge in [0.05, 0.1) is 6.61 Å². The summed E-state index contributed by atoms with van der Waals surface area (Å²) in [7, 11) is 0. The van der Waals surface area contributed by atoms with E-state index < -0.39 is 40.7 Å². The minimum Gasteiger partial charge on any atom is -0.470 e. The standard InChI is InChI=1S/C8H13Cl3N2O5/c9-8(10,11)7(13)18-6(3(12)1-14)5(17)4(16)2-15/h1,3-6,13,15-17H,2,12H2/t3-,4+,5-,6+/m0/s1. The monoisotopic (exact) mass is 322 g/mol. The van der Waals surface area contributed by atoms with Crippen molar-refractivity contribution in [2.75, 3.05) is 6.61 Å². The van der Waals surface area contributed by atoms with E-state index in [1.807, 2.05) is 0 Å². The van der Waals surface area contributed by atoms with Crippen molar-refractivity contribution in [3.63, 3.8) is 0 Å². The molecule has 0 amide bonds. The van der Waals surface area contributed by atoms with Crippen LogP contribution in [0.25, 0.3) is 0 Å². The average molecular weight is 324 g/mol. The van der Waals surface area contributed by atoms with Crippen molar-refractivity contribution in [1.29, 1.82) is 5.41 Å². The largest absolute Gasteiger partial charge is 0.470 e. The van der Waals surface area contributed by atoms with E-state index in [0.717, 1.165) is 0 Å². The first kappa shape index (κ1) is 17.8. The highest BCUT2D eigenvalue weighted by Crippen LogP contribution is 2.28. The Morgan fingerprint density at radius 1 is 1.44 bits per heavy atom. The summed E-state index contributed by atoms with van der Waals surface area (Å²) in [5, 5.41) is 34.8. The lowest BCUT2D eigenvalue weighted by Crippen LogP contribution is -2.53. The molecule has 0 aromatic rings. The van der Waals surface area contributed by atoms with Gasteiger partial charge in [-0.25, -0.2) is 0 Å². The summed E-state index contributed by atoms with van der Waals surface area (Å²) >= 11 is 16.1. The first-order valence-corrected chi connectivity index (χ1v) is 5.78. The Morgan fingerprint density at radius 3 is 2.28 bits per heavy atom. The van der Waals surface area contributed by atoms with Crippen LogP contribution in [0.15, 0.2) is 0 Å². The number of nitrogens with one attached hydrogen (secondary N) is 1. The second-order valence-corrected chi connectivity index (χ2v) is 5.64. The van der Waals surface area contributed by atoms with E-state index in [-0.39, 0.29) is 6.29 Å². The summed E-state index contributed by atoms with van der Waals surface area (Å²) in [5.41, 5.74) is 5.33. The van der Waals surface area contributed by atoms with Crippen LogP contribution in [0, 0.1) is 5.41 Å². The third-order valence-corrected chi connectivity index (χ3v) is 2.48. The number of aliphatic hydroxyl groups is 3. The molecule has 0 bridgehead atoms. The lowest BCUT2D eigenvalue weighted by atomic mass is 10.0. The van der Waals surface area contributed by atoms with E-state index in [1.165, 1.54) is 0 Å². The molecule has 0 aliphatic carbocycles. The number of rotatable bonds is 6. The van der Waals surface area contributed by atoms with Gasteiger partial charge in [0.15, 0.2) is 6.10 Å². The summed E-state index contributed by atoms with van der Waals surface area (Å²) in [4.78, 5) is 10.6.